The topological polar surface area (TPSA) is 248 Å². The number of aromatic nitrogens is 2. The Kier molecular flexibility index (Phi) is 12.9. The Hall–Kier alpha value is -13.5. The van der Waals surface area contributed by atoms with Crippen molar-refractivity contribution in [2.75, 3.05) is 0 Å². The highest BCUT2D eigenvalue weighted by molar-refractivity contribution is 6.14. The molecule has 12 aromatic rings. The van der Waals surface area contributed by atoms with Crippen molar-refractivity contribution in [2.24, 2.45) is 0 Å². The molecule has 394 valence electrons. The second kappa shape index (κ2) is 20.9. The summed E-state index contributed by atoms with van der Waals surface area (Å²) in [6.45, 7) is 0. The van der Waals surface area contributed by atoms with E-state index in [0.29, 0.717) is 88.1 Å². The van der Waals surface area contributed by atoms with Crippen LogP contribution in [0.15, 0.2) is 176 Å². The van der Waals surface area contributed by atoms with Crippen LogP contribution in [0.1, 0.15) is 61.2 Å². The van der Waals surface area contributed by atoms with Crippen molar-refractivity contribution < 1.29 is 13.2 Å². The highest BCUT2D eigenvalue weighted by Gasteiger charge is 2.36. The van der Waals surface area contributed by atoms with Crippen LogP contribution >= 0.6 is 0 Å². The van der Waals surface area contributed by atoms with Gasteiger partial charge in [0.25, 0.3) is 0 Å². The maximum absolute atomic E-state index is 15.4. The van der Waals surface area contributed by atoms with Gasteiger partial charge in [-0.05, 0) is 166 Å². The number of hydrogen-bond acceptors (Lipinski definition) is 10. The van der Waals surface area contributed by atoms with Crippen molar-refractivity contribution in [1.29, 1.82) is 52.6 Å². The summed E-state index contributed by atoms with van der Waals surface area (Å²) in [7, 11) is 0. The van der Waals surface area contributed by atoms with Crippen LogP contribution in [0.4, 0.5) is 13.2 Å². The number of benzene rings is 10. The molecular formula is C71H29F3N12. The molecule has 0 radical (unpaired) electrons. The van der Waals surface area contributed by atoms with E-state index in [9.17, 15) is 52.6 Å². The molecule has 0 N–H and O–H groups in total. The molecule has 12 rings (SSSR count). The fourth-order valence-electron chi connectivity index (χ4n) is 11.5. The number of rotatable bonds is 7. The third-order valence-electron chi connectivity index (χ3n) is 15.3. The molecular weight excluding hydrogens is 1080 g/mol. The zero-order chi connectivity index (χ0) is 60.1. The fraction of sp³-hybridized carbons (Fsp3) is 0.0141. The van der Waals surface area contributed by atoms with E-state index in [1.807, 2.05) is 51.6 Å². The fourth-order valence-corrected chi connectivity index (χ4v) is 11.5. The second-order valence-corrected chi connectivity index (χ2v) is 19.9. The molecule has 10 aromatic carbocycles. The van der Waals surface area contributed by atoms with Crippen LogP contribution in [0.3, 0.4) is 0 Å². The number of nitriles is 10. The number of alkyl halides is 3. The Labute approximate surface area is 487 Å². The first-order valence-electron chi connectivity index (χ1n) is 25.9. The predicted octanol–water partition coefficient (Wildman–Crippen LogP) is 16.0. The van der Waals surface area contributed by atoms with Crippen molar-refractivity contribution >= 4 is 43.6 Å². The lowest BCUT2D eigenvalue weighted by atomic mass is 9.90. The van der Waals surface area contributed by atoms with Crippen LogP contribution in [0, 0.1) is 113 Å². The molecule has 0 aliphatic heterocycles. The molecule has 0 aliphatic rings. The molecule has 0 spiro atoms. The van der Waals surface area contributed by atoms with Gasteiger partial charge in [0.15, 0.2) is 0 Å². The van der Waals surface area contributed by atoms with E-state index < -0.39 is 17.3 Å². The third-order valence-corrected chi connectivity index (χ3v) is 15.3. The number of halogens is 3. The van der Waals surface area contributed by atoms with Gasteiger partial charge < -0.3 is 9.13 Å². The summed E-state index contributed by atoms with van der Waals surface area (Å²) < 4.78 is 50.0. The minimum atomic E-state index is -5.00. The van der Waals surface area contributed by atoms with Crippen molar-refractivity contribution in [3.05, 3.63) is 237 Å². The van der Waals surface area contributed by atoms with E-state index in [4.69, 9.17) is 0 Å². The second-order valence-electron chi connectivity index (χ2n) is 19.9. The van der Waals surface area contributed by atoms with E-state index >= 15 is 13.2 Å². The summed E-state index contributed by atoms with van der Waals surface area (Å²) in [5, 5.41) is 105. The zero-order valence-corrected chi connectivity index (χ0v) is 44.2. The van der Waals surface area contributed by atoms with Crippen molar-refractivity contribution in [2.45, 2.75) is 6.18 Å². The molecule has 86 heavy (non-hydrogen) atoms. The summed E-state index contributed by atoms with van der Waals surface area (Å²) in [6.07, 6.45) is -5.00. The van der Waals surface area contributed by atoms with E-state index in [0.717, 1.165) is 12.1 Å². The normalized spacial score (nSPS) is 10.8. The zero-order valence-electron chi connectivity index (χ0n) is 44.2. The van der Waals surface area contributed by atoms with Crippen molar-refractivity contribution in [3.8, 4) is 128 Å². The van der Waals surface area contributed by atoms with Gasteiger partial charge in [0, 0.05) is 32.7 Å². The van der Waals surface area contributed by atoms with Gasteiger partial charge >= 0.3 is 6.18 Å². The van der Waals surface area contributed by atoms with Gasteiger partial charge in [-0.3, -0.25) is 0 Å². The minimum Gasteiger partial charge on any atom is -0.307 e. The number of nitrogens with zero attached hydrogens (tertiary/aromatic N) is 12. The summed E-state index contributed by atoms with van der Waals surface area (Å²) in [5.41, 5.74) is 6.22. The molecule has 0 saturated carbocycles. The van der Waals surface area contributed by atoms with Gasteiger partial charge in [0.05, 0.1) is 155 Å². The average Bonchev–Trinajstić information content (AvgIpc) is 1.87. The van der Waals surface area contributed by atoms with Crippen LogP contribution in [0.25, 0.3) is 111 Å². The van der Waals surface area contributed by atoms with Gasteiger partial charge in [-0.15, -0.1) is 0 Å². The molecule has 2 heterocycles. The summed E-state index contributed by atoms with van der Waals surface area (Å²) >= 11 is 0. The Morgan fingerprint density at radius 3 is 0.872 bits per heavy atom. The lowest BCUT2D eigenvalue weighted by Crippen LogP contribution is -2.10. The van der Waals surface area contributed by atoms with Gasteiger partial charge in [0.1, 0.15) is 0 Å². The lowest BCUT2D eigenvalue weighted by molar-refractivity contribution is -0.137. The molecule has 2 aromatic heterocycles. The monoisotopic (exact) mass is 1110 g/mol. The quantitative estimate of drug-likeness (QED) is 0.146. The summed E-state index contributed by atoms with van der Waals surface area (Å²) in [5.74, 6) is 0. The smallest absolute Gasteiger partial charge is 0.307 e. The Balaban J connectivity index is 1.25. The number of fused-ring (bicyclic) bond motifs is 6. The predicted molar refractivity (Wildman–Crippen MR) is 314 cm³/mol. The van der Waals surface area contributed by atoms with Crippen LogP contribution in [-0.4, -0.2) is 9.13 Å². The van der Waals surface area contributed by atoms with Crippen LogP contribution in [0.5, 0.6) is 0 Å². The average molecular weight is 1110 g/mol. The summed E-state index contributed by atoms with van der Waals surface area (Å²) in [6, 6.07) is 68.1. The summed E-state index contributed by atoms with van der Waals surface area (Å²) in [4.78, 5) is 0. The van der Waals surface area contributed by atoms with E-state index in [-0.39, 0.29) is 72.6 Å². The SMILES string of the molecule is N#Cc1ccc(-c2ccc3c(c2)c2cc(-c4ccc(C#N)cc4C#N)ccc2n3-c2cc(C#N)c(-c3c(C#N)cccc3C(F)(F)F)cc2-n2c3ccc(-c4ccc(C#N)cc4C#N)cc3c3cc(-c4ccc(C#N)cc4C#N)ccc32)c(C#N)c1. The molecule has 0 amide bonds. The standard InChI is InChI=1S/C71H29F3N12/c72-71(73,74)63-3-1-2-48(34-79)70(63)58-29-69(86-66-18-10-46(56-14-6-42(32-77)22-51(56)37-82)26-61(66)62-27-47(11-19-67(62)86)57-15-7-43(33-78)23-52(57)38-83)68(28-53(58)39-84)85-64-16-8-44(54-12-4-40(30-75)20-49(54)35-80)24-59(64)60-25-45(9-17-65(60)85)55-13-5-41(31-76)21-50(55)36-81/h1-29H. The largest absolute Gasteiger partial charge is 0.417 e. The number of hydrogen-bond donors (Lipinski definition) is 0. The van der Waals surface area contributed by atoms with Gasteiger partial charge in [0.2, 0.25) is 0 Å². The lowest BCUT2D eigenvalue weighted by Gasteiger charge is -2.21. The first kappa shape index (κ1) is 53.1. The Morgan fingerprint density at radius 1 is 0.279 bits per heavy atom. The maximum Gasteiger partial charge on any atom is 0.417 e. The molecule has 0 fully saturated rings. The van der Waals surface area contributed by atoms with Crippen LogP contribution in [-0.2, 0) is 6.18 Å². The molecule has 0 atom stereocenters. The Morgan fingerprint density at radius 2 is 0.581 bits per heavy atom. The molecule has 0 bridgehead atoms. The molecule has 15 heteroatoms. The van der Waals surface area contributed by atoms with Gasteiger partial charge in [-0.1, -0.05) is 54.6 Å². The van der Waals surface area contributed by atoms with Gasteiger partial charge in [-0.2, -0.15) is 65.8 Å². The van der Waals surface area contributed by atoms with Gasteiger partial charge in [-0.25, -0.2) is 0 Å². The van der Waals surface area contributed by atoms with Crippen LogP contribution < -0.4 is 0 Å². The van der Waals surface area contributed by atoms with Crippen LogP contribution in [0.2, 0.25) is 0 Å². The third kappa shape index (κ3) is 8.64. The first-order valence-corrected chi connectivity index (χ1v) is 25.9. The highest BCUT2D eigenvalue weighted by Crippen LogP contribution is 2.47. The molecule has 12 nitrogen and oxygen atoms in total. The molecule has 0 unspecified atom stereocenters. The maximum atomic E-state index is 15.4. The van der Waals surface area contributed by atoms with E-state index in [1.165, 1.54) is 42.5 Å². The van der Waals surface area contributed by atoms with E-state index in [1.54, 1.807) is 84.9 Å². The van der Waals surface area contributed by atoms with E-state index in [2.05, 4.69) is 54.6 Å². The Bertz CT molecular complexity index is 5230. The van der Waals surface area contributed by atoms with Crippen molar-refractivity contribution in [3.63, 3.8) is 0 Å². The molecule has 0 aliphatic carbocycles. The molecule has 0 saturated heterocycles. The highest BCUT2D eigenvalue weighted by atomic mass is 19.4. The first-order chi connectivity index (χ1) is 41.8. The minimum absolute atomic E-state index is 0.212. The van der Waals surface area contributed by atoms with Crippen molar-refractivity contribution in [1.82, 2.24) is 9.13 Å².